The highest BCUT2D eigenvalue weighted by Crippen LogP contribution is 2.38. The summed E-state index contributed by atoms with van der Waals surface area (Å²) in [6, 6.07) is 9.02. The van der Waals surface area contributed by atoms with Crippen LogP contribution in [0.3, 0.4) is 0 Å². The van der Waals surface area contributed by atoms with Gasteiger partial charge in [-0.15, -0.1) is 0 Å². The van der Waals surface area contributed by atoms with Crippen LogP contribution < -0.4 is 5.32 Å². The lowest BCUT2D eigenvalue weighted by atomic mass is 9.91. The zero-order chi connectivity index (χ0) is 14.2. The van der Waals surface area contributed by atoms with Crippen LogP contribution in [0.15, 0.2) is 24.3 Å². The zero-order valence-electron chi connectivity index (χ0n) is 12.5. The molecule has 3 heteroatoms. The Morgan fingerprint density at radius 3 is 2.85 bits per heavy atom. The highest BCUT2D eigenvalue weighted by atomic mass is 35.5. The van der Waals surface area contributed by atoms with Crippen molar-refractivity contribution in [1.29, 1.82) is 0 Å². The van der Waals surface area contributed by atoms with Crippen molar-refractivity contribution in [3.8, 4) is 0 Å². The fourth-order valence-corrected chi connectivity index (χ4v) is 3.54. The Bertz CT molecular complexity index is 472. The average molecular weight is 293 g/mol. The molecule has 1 aliphatic carbocycles. The molecule has 1 aliphatic heterocycles. The van der Waals surface area contributed by atoms with E-state index in [-0.39, 0.29) is 5.54 Å². The Hall–Kier alpha value is -0.570. The fourth-order valence-electron chi connectivity index (χ4n) is 3.33. The number of halogens is 1. The van der Waals surface area contributed by atoms with Gasteiger partial charge >= 0.3 is 0 Å². The summed E-state index contributed by atoms with van der Waals surface area (Å²) in [6.07, 6.45) is 3.99. The van der Waals surface area contributed by atoms with Gasteiger partial charge in [0.25, 0.3) is 0 Å². The van der Waals surface area contributed by atoms with Crippen molar-refractivity contribution < 1.29 is 0 Å². The van der Waals surface area contributed by atoms with Crippen LogP contribution in [-0.2, 0) is 6.54 Å². The monoisotopic (exact) mass is 292 g/mol. The van der Waals surface area contributed by atoms with Crippen LogP contribution in [0.1, 0.15) is 38.7 Å². The van der Waals surface area contributed by atoms with Gasteiger partial charge in [-0.2, -0.15) is 0 Å². The van der Waals surface area contributed by atoms with Gasteiger partial charge in [-0.3, -0.25) is 4.90 Å². The Labute approximate surface area is 127 Å². The number of nitrogens with zero attached hydrogens (tertiary/aromatic N) is 1. The largest absolute Gasteiger partial charge is 0.309 e. The summed E-state index contributed by atoms with van der Waals surface area (Å²) in [5.41, 5.74) is 1.59. The predicted molar refractivity (Wildman–Crippen MR) is 85.1 cm³/mol. The van der Waals surface area contributed by atoms with Crippen molar-refractivity contribution in [2.45, 2.75) is 51.2 Å². The summed E-state index contributed by atoms with van der Waals surface area (Å²) >= 11 is 6.13. The summed E-state index contributed by atoms with van der Waals surface area (Å²) in [5.74, 6) is 0.906. The van der Waals surface area contributed by atoms with Crippen LogP contribution in [0.25, 0.3) is 0 Å². The van der Waals surface area contributed by atoms with Gasteiger partial charge in [-0.25, -0.2) is 0 Å². The normalized spacial score (nSPS) is 31.4. The Morgan fingerprint density at radius 1 is 1.40 bits per heavy atom. The van der Waals surface area contributed by atoms with E-state index in [9.17, 15) is 0 Å². The SMILES string of the molecule is CCC1(C)CN(Cc2cccc(Cl)c2)C(C2CC2)CN1. The first-order chi connectivity index (χ1) is 9.59. The molecule has 2 nitrogen and oxygen atoms in total. The first-order valence-electron chi connectivity index (χ1n) is 7.83. The Kier molecular flexibility index (Phi) is 4.07. The molecule has 2 aliphatic rings. The minimum Gasteiger partial charge on any atom is -0.309 e. The third-order valence-electron chi connectivity index (χ3n) is 4.98. The number of benzene rings is 1. The fraction of sp³-hybridized carbons (Fsp3) is 0.647. The van der Waals surface area contributed by atoms with Gasteiger partial charge in [0.15, 0.2) is 0 Å². The lowest BCUT2D eigenvalue weighted by Crippen LogP contribution is -2.62. The van der Waals surface area contributed by atoms with Crippen LogP contribution in [0, 0.1) is 5.92 Å². The van der Waals surface area contributed by atoms with E-state index >= 15 is 0 Å². The number of hydrogen-bond acceptors (Lipinski definition) is 2. The van der Waals surface area contributed by atoms with Gasteiger partial charge in [-0.1, -0.05) is 30.7 Å². The second-order valence-corrected chi connectivity index (χ2v) is 7.17. The minimum atomic E-state index is 0.254. The first-order valence-corrected chi connectivity index (χ1v) is 8.21. The smallest absolute Gasteiger partial charge is 0.0409 e. The van der Waals surface area contributed by atoms with Gasteiger partial charge in [0.1, 0.15) is 0 Å². The van der Waals surface area contributed by atoms with E-state index in [1.807, 2.05) is 6.07 Å². The van der Waals surface area contributed by atoms with E-state index in [4.69, 9.17) is 11.6 Å². The quantitative estimate of drug-likeness (QED) is 0.910. The molecule has 0 bridgehead atoms. The van der Waals surface area contributed by atoms with Crippen LogP contribution in [0.5, 0.6) is 0 Å². The van der Waals surface area contributed by atoms with Crippen molar-refractivity contribution in [2.24, 2.45) is 5.92 Å². The molecule has 1 saturated heterocycles. The second-order valence-electron chi connectivity index (χ2n) is 6.73. The molecule has 2 unspecified atom stereocenters. The Morgan fingerprint density at radius 2 is 2.20 bits per heavy atom. The standard InChI is InChI=1S/C17H25ClN2/c1-3-17(2)12-20(16(10-19-17)14-7-8-14)11-13-5-4-6-15(18)9-13/h4-6,9,14,16,19H,3,7-8,10-12H2,1-2H3. The van der Waals surface area contributed by atoms with E-state index in [0.717, 1.165) is 30.6 Å². The molecule has 1 aromatic rings. The van der Waals surface area contributed by atoms with Gasteiger partial charge in [-0.05, 0) is 49.8 Å². The molecule has 20 heavy (non-hydrogen) atoms. The van der Waals surface area contributed by atoms with Crippen LogP contribution in [-0.4, -0.2) is 29.6 Å². The molecule has 0 aromatic heterocycles. The molecule has 110 valence electrons. The molecule has 2 atom stereocenters. The molecule has 0 amide bonds. The molecular weight excluding hydrogens is 268 g/mol. The van der Waals surface area contributed by atoms with Gasteiger partial charge in [0.2, 0.25) is 0 Å². The molecular formula is C17H25ClN2. The minimum absolute atomic E-state index is 0.254. The van der Waals surface area contributed by atoms with Gasteiger partial charge < -0.3 is 5.32 Å². The van der Waals surface area contributed by atoms with Crippen LogP contribution in [0.2, 0.25) is 5.02 Å². The maximum absolute atomic E-state index is 6.13. The second kappa shape index (κ2) is 5.67. The Balaban J connectivity index is 1.75. The van der Waals surface area contributed by atoms with Crippen molar-refractivity contribution in [1.82, 2.24) is 10.2 Å². The van der Waals surface area contributed by atoms with Gasteiger partial charge in [0, 0.05) is 36.2 Å². The summed E-state index contributed by atoms with van der Waals surface area (Å²) in [6.45, 7) is 7.93. The summed E-state index contributed by atoms with van der Waals surface area (Å²) < 4.78 is 0. The van der Waals surface area contributed by atoms with E-state index in [0.29, 0.717) is 6.04 Å². The van der Waals surface area contributed by atoms with Crippen molar-refractivity contribution >= 4 is 11.6 Å². The van der Waals surface area contributed by atoms with Crippen LogP contribution >= 0.6 is 11.6 Å². The van der Waals surface area contributed by atoms with E-state index in [1.165, 1.54) is 24.8 Å². The van der Waals surface area contributed by atoms with E-state index < -0.39 is 0 Å². The van der Waals surface area contributed by atoms with Crippen molar-refractivity contribution in [2.75, 3.05) is 13.1 Å². The van der Waals surface area contributed by atoms with E-state index in [2.05, 4.69) is 42.3 Å². The first kappa shape index (κ1) is 14.4. The molecule has 0 spiro atoms. The average Bonchev–Trinajstić information content (AvgIpc) is 3.23. The van der Waals surface area contributed by atoms with Crippen molar-refractivity contribution in [3.05, 3.63) is 34.9 Å². The molecule has 1 aromatic carbocycles. The van der Waals surface area contributed by atoms with Crippen LogP contribution in [0.4, 0.5) is 0 Å². The van der Waals surface area contributed by atoms with E-state index in [1.54, 1.807) is 0 Å². The van der Waals surface area contributed by atoms with Crippen molar-refractivity contribution in [3.63, 3.8) is 0 Å². The number of hydrogen-bond donors (Lipinski definition) is 1. The lowest BCUT2D eigenvalue weighted by Gasteiger charge is -2.46. The molecule has 0 radical (unpaired) electrons. The third kappa shape index (κ3) is 3.19. The molecule has 1 saturated carbocycles. The molecule has 1 N–H and O–H groups in total. The lowest BCUT2D eigenvalue weighted by molar-refractivity contribution is 0.0662. The number of piperazine rings is 1. The van der Waals surface area contributed by atoms with Gasteiger partial charge in [0.05, 0.1) is 0 Å². The highest BCUT2D eigenvalue weighted by Gasteiger charge is 2.41. The number of rotatable bonds is 4. The zero-order valence-corrected chi connectivity index (χ0v) is 13.3. The topological polar surface area (TPSA) is 15.3 Å². The maximum Gasteiger partial charge on any atom is 0.0409 e. The maximum atomic E-state index is 6.13. The molecule has 1 heterocycles. The molecule has 2 fully saturated rings. The summed E-state index contributed by atoms with van der Waals surface area (Å²) in [5, 5.41) is 4.62. The molecule has 3 rings (SSSR count). The summed E-state index contributed by atoms with van der Waals surface area (Å²) in [7, 11) is 0. The summed E-state index contributed by atoms with van der Waals surface area (Å²) in [4.78, 5) is 2.68. The predicted octanol–water partition coefficient (Wildman–Crippen LogP) is 3.69. The number of nitrogens with one attached hydrogen (secondary N) is 1. The highest BCUT2D eigenvalue weighted by molar-refractivity contribution is 6.30. The third-order valence-corrected chi connectivity index (χ3v) is 5.22.